The van der Waals surface area contributed by atoms with Crippen LogP contribution in [0.2, 0.25) is 0 Å². The Kier molecular flexibility index (Phi) is 25.8. The fourth-order valence-corrected chi connectivity index (χ4v) is 0.743. The minimum atomic E-state index is 0. The SMILES string of the molecule is C=CC=Cc1ccccc1.Cl.Cl.Cl.Cl. The summed E-state index contributed by atoms with van der Waals surface area (Å²) in [7, 11) is 0. The molecule has 0 nitrogen and oxygen atoms in total. The molecule has 1 aromatic carbocycles. The van der Waals surface area contributed by atoms with Crippen LogP contribution >= 0.6 is 49.6 Å². The first-order chi connectivity index (χ1) is 4.93. The molecule has 4 heteroatoms. The fraction of sp³-hybridized carbons (Fsp3) is 0. The molecule has 1 rings (SSSR count). The van der Waals surface area contributed by atoms with Gasteiger partial charge in [0.25, 0.3) is 0 Å². The van der Waals surface area contributed by atoms with Crippen molar-refractivity contribution < 1.29 is 0 Å². The van der Waals surface area contributed by atoms with Gasteiger partial charge in [-0.2, -0.15) is 0 Å². The molecule has 0 fully saturated rings. The number of benzene rings is 1. The number of allylic oxidation sites excluding steroid dienone is 2. The predicted octanol–water partition coefficient (Wildman–Crippen LogP) is 4.57. The van der Waals surface area contributed by atoms with Crippen LogP contribution < -0.4 is 0 Å². The molecular formula is C10H14Cl4. The van der Waals surface area contributed by atoms with E-state index in [2.05, 4.69) is 18.7 Å². The quantitative estimate of drug-likeness (QED) is 0.694. The van der Waals surface area contributed by atoms with Gasteiger partial charge < -0.3 is 0 Å². The highest BCUT2D eigenvalue weighted by atomic mass is 35.5. The van der Waals surface area contributed by atoms with Gasteiger partial charge in [-0.25, -0.2) is 0 Å². The van der Waals surface area contributed by atoms with Gasteiger partial charge in [-0.15, -0.1) is 49.6 Å². The maximum atomic E-state index is 3.59. The third kappa shape index (κ3) is 9.94. The third-order valence-corrected chi connectivity index (χ3v) is 1.22. The lowest BCUT2D eigenvalue weighted by atomic mass is 10.2. The molecule has 0 unspecified atom stereocenters. The second-order valence-electron chi connectivity index (χ2n) is 2.01. The molecule has 0 aliphatic heterocycles. The molecule has 82 valence electrons. The van der Waals surface area contributed by atoms with E-state index in [9.17, 15) is 0 Å². The summed E-state index contributed by atoms with van der Waals surface area (Å²) in [5.74, 6) is 0. The average Bonchev–Trinajstić information content (AvgIpc) is 2.03. The van der Waals surface area contributed by atoms with E-state index in [1.54, 1.807) is 6.08 Å². The van der Waals surface area contributed by atoms with Crippen LogP contribution in [0.15, 0.2) is 49.1 Å². The summed E-state index contributed by atoms with van der Waals surface area (Å²) in [6, 6.07) is 10.1. The lowest BCUT2D eigenvalue weighted by Crippen LogP contribution is -1.65. The third-order valence-electron chi connectivity index (χ3n) is 1.22. The Morgan fingerprint density at radius 3 is 1.79 bits per heavy atom. The van der Waals surface area contributed by atoms with E-state index in [-0.39, 0.29) is 49.6 Å². The molecule has 0 aliphatic rings. The molecule has 1 aromatic rings. The highest BCUT2D eigenvalue weighted by molar-refractivity contribution is 5.86. The molecule has 0 spiro atoms. The Bertz CT molecular complexity index is 231. The Hall–Kier alpha value is -0.140. The van der Waals surface area contributed by atoms with E-state index in [1.807, 2.05) is 30.4 Å². The standard InChI is InChI=1S/C10H10.4ClH/c1-2-3-7-10-8-5-4-6-9-10;;;;/h2-9H,1H2;4*1H. The summed E-state index contributed by atoms with van der Waals surface area (Å²) < 4.78 is 0. The van der Waals surface area contributed by atoms with Crippen molar-refractivity contribution in [1.29, 1.82) is 0 Å². The molecule has 0 aromatic heterocycles. The van der Waals surface area contributed by atoms with Gasteiger partial charge in [-0.3, -0.25) is 0 Å². The van der Waals surface area contributed by atoms with Crippen molar-refractivity contribution in [2.45, 2.75) is 0 Å². The summed E-state index contributed by atoms with van der Waals surface area (Å²) in [5, 5.41) is 0. The molecular weight excluding hydrogens is 262 g/mol. The molecule has 0 bridgehead atoms. The fourth-order valence-electron chi connectivity index (χ4n) is 0.743. The second-order valence-corrected chi connectivity index (χ2v) is 2.01. The van der Waals surface area contributed by atoms with Crippen molar-refractivity contribution in [1.82, 2.24) is 0 Å². The highest BCUT2D eigenvalue weighted by Crippen LogP contribution is 1.99. The zero-order valence-electron chi connectivity index (χ0n) is 7.46. The van der Waals surface area contributed by atoms with Crippen LogP contribution in [0.3, 0.4) is 0 Å². The van der Waals surface area contributed by atoms with Gasteiger partial charge in [-0.1, -0.05) is 55.1 Å². The summed E-state index contributed by atoms with van der Waals surface area (Å²) in [5.41, 5.74) is 1.21. The van der Waals surface area contributed by atoms with E-state index in [4.69, 9.17) is 0 Å². The summed E-state index contributed by atoms with van der Waals surface area (Å²) >= 11 is 0. The van der Waals surface area contributed by atoms with Crippen LogP contribution in [-0.4, -0.2) is 0 Å². The zero-order valence-corrected chi connectivity index (χ0v) is 10.7. The van der Waals surface area contributed by atoms with Gasteiger partial charge in [0.05, 0.1) is 0 Å². The molecule has 14 heavy (non-hydrogen) atoms. The summed E-state index contributed by atoms with van der Waals surface area (Å²) in [6.45, 7) is 3.59. The van der Waals surface area contributed by atoms with Crippen LogP contribution in [0.1, 0.15) is 5.56 Å². The van der Waals surface area contributed by atoms with Crippen molar-refractivity contribution >= 4 is 55.7 Å². The first-order valence-corrected chi connectivity index (χ1v) is 3.27. The average molecular weight is 276 g/mol. The predicted molar refractivity (Wildman–Crippen MR) is 74.7 cm³/mol. The molecule has 0 saturated carbocycles. The summed E-state index contributed by atoms with van der Waals surface area (Å²) in [6.07, 6.45) is 5.72. The number of hydrogen-bond acceptors (Lipinski definition) is 0. The van der Waals surface area contributed by atoms with Gasteiger partial charge in [-0.05, 0) is 5.56 Å². The maximum Gasteiger partial charge on any atom is -0.0257 e. The van der Waals surface area contributed by atoms with Crippen molar-refractivity contribution in [2.24, 2.45) is 0 Å². The zero-order chi connectivity index (χ0) is 7.23. The van der Waals surface area contributed by atoms with Crippen LogP contribution in [-0.2, 0) is 0 Å². The topological polar surface area (TPSA) is 0 Å². The van der Waals surface area contributed by atoms with Crippen LogP contribution in [0.5, 0.6) is 0 Å². The number of hydrogen-bond donors (Lipinski definition) is 0. The highest BCUT2D eigenvalue weighted by Gasteiger charge is 1.78. The van der Waals surface area contributed by atoms with Gasteiger partial charge in [0.1, 0.15) is 0 Å². The molecule has 0 N–H and O–H groups in total. The maximum absolute atomic E-state index is 3.59. The van der Waals surface area contributed by atoms with Crippen LogP contribution in [0.4, 0.5) is 0 Å². The molecule has 0 atom stereocenters. The van der Waals surface area contributed by atoms with E-state index < -0.39 is 0 Å². The Morgan fingerprint density at radius 2 is 1.36 bits per heavy atom. The van der Waals surface area contributed by atoms with Crippen LogP contribution in [0.25, 0.3) is 6.08 Å². The van der Waals surface area contributed by atoms with Gasteiger partial charge in [0.15, 0.2) is 0 Å². The van der Waals surface area contributed by atoms with Gasteiger partial charge in [0, 0.05) is 0 Å². The Labute approximate surface area is 110 Å². The normalized spacial score (nSPS) is 7.14. The molecule has 0 amide bonds. The second kappa shape index (κ2) is 15.3. The molecule has 0 heterocycles. The Balaban J connectivity index is -0.000000125. The first-order valence-electron chi connectivity index (χ1n) is 3.27. The van der Waals surface area contributed by atoms with Crippen molar-refractivity contribution in [2.75, 3.05) is 0 Å². The Morgan fingerprint density at radius 1 is 0.857 bits per heavy atom. The van der Waals surface area contributed by atoms with E-state index in [0.29, 0.717) is 0 Å². The van der Waals surface area contributed by atoms with Crippen molar-refractivity contribution in [3.05, 3.63) is 54.6 Å². The van der Waals surface area contributed by atoms with E-state index in [0.717, 1.165) is 0 Å². The largest absolute Gasteiger partial charge is 0.147 e. The molecule has 0 saturated heterocycles. The molecule has 0 radical (unpaired) electrons. The van der Waals surface area contributed by atoms with Crippen molar-refractivity contribution in [3.8, 4) is 0 Å². The lowest BCUT2D eigenvalue weighted by Gasteiger charge is -1.87. The van der Waals surface area contributed by atoms with Gasteiger partial charge in [0.2, 0.25) is 0 Å². The van der Waals surface area contributed by atoms with Gasteiger partial charge >= 0.3 is 0 Å². The minimum absolute atomic E-state index is 0. The monoisotopic (exact) mass is 274 g/mol. The summed E-state index contributed by atoms with van der Waals surface area (Å²) in [4.78, 5) is 0. The minimum Gasteiger partial charge on any atom is -0.147 e. The smallest absolute Gasteiger partial charge is 0.0257 e. The van der Waals surface area contributed by atoms with E-state index in [1.165, 1.54) is 5.56 Å². The lowest BCUT2D eigenvalue weighted by molar-refractivity contribution is 1.66. The van der Waals surface area contributed by atoms with Crippen LogP contribution in [0, 0.1) is 0 Å². The number of rotatable bonds is 2. The van der Waals surface area contributed by atoms with Crippen molar-refractivity contribution in [3.63, 3.8) is 0 Å². The number of halogens is 4. The molecule has 0 aliphatic carbocycles. The first kappa shape index (κ1) is 23.6. The van der Waals surface area contributed by atoms with E-state index >= 15 is 0 Å².